The molecule has 110 valence electrons. The fraction of sp³-hybridized carbons (Fsp3) is 0.250. The maximum atomic E-state index is 12.8. The molecule has 0 fully saturated rings. The first-order chi connectivity index (χ1) is 10.5. The first kappa shape index (κ1) is 12.9. The monoisotopic (exact) mass is 295 g/mol. The Balaban J connectivity index is 1.85. The third-order valence-electron chi connectivity index (χ3n) is 4.60. The standard InChI is InChI=1S/C16H13N3O3/c1-19-13-11(3-2-4-17-13)16(15(19)22)6-9-5-10(14(20)21)8-18-12(9)7-16/h2-5,8H,6-7H2,1H3,(H,20,21). The highest BCUT2D eigenvalue weighted by Gasteiger charge is 2.54. The summed E-state index contributed by atoms with van der Waals surface area (Å²) in [6.07, 6.45) is 3.99. The van der Waals surface area contributed by atoms with Gasteiger partial charge in [-0.2, -0.15) is 0 Å². The van der Waals surface area contributed by atoms with Crippen molar-refractivity contribution in [3.05, 3.63) is 53.0 Å². The number of carbonyl (C=O) groups excluding carboxylic acids is 1. The van der Waals surface area contributed by atoms with Crippen LogP contribution in [0.15, 0.2) is 30.6 Å². The van der Waals surface area contributed by atoms with E-state index in [1.165, 1.54) is 6.20 Å². The molecule has 1 aliphatic carbocycles. The summed E-state index contributed by atoms with van der Waals surface area (Å²) in [6.45, 7) is 0. The topological polar surface area (TPSA) is 83.4 Å². The Morgan fingerprint density at radius 2 is 2.18 bits per heavy atom. The molecule has 0 saturated carbocycles. The molecule has 4 rings (SSSR count). The molecule has 3 heterocycles. The van der Waals surface area contributed by atoms with Gasteiger partial charge in [0.1, 0.15) is 5.82 Å². The number of hydrogen-bond acceptors (Lipinski definition) is 4. The van der Waals surface area contributed by atoms with Crippen LogP contribution in [0.3, 0.4) is 0 Å². The highest BCUT2D eigenvalue weighted by atomic mass is 16.4. The molecule has 1 unspecified atom stereocenters. The molecule has 2 aromatic rings. The number of carbonyl (C=O) groups is 2. The third-order valence-corrected chi connectivity index (χ3v) is 4.60. The van der Waals surface area contributed by atoms with Gasteiger partial charge in [-0.25, -0.2) is 9.78 Å². The van der Waals surface area contributed by atoms with Gasteiger partial charge in [0.25, 0.3) is 0 Å². The molecule has 1 spiro atoms. The minimum atomic E-state index is -1.01. The number of fused-ring (bicyclic) bond motifs is 3. The number of hydrogen-bond donors (Lipinski definition) is 1. The molecule has 6 heteroatoms. The average molecular weight is 295 g/mol. The van der Waals surface area contributed by atoms with E-state index in [0.29, 0.717) is 18.7 Å². The van der Waals surface area contributed by atoms with E-state index < -0.39 is 11.4 Å². The van der Waals surface area contributed by atoms with Gasteiger partial charge < -0.3 is 5.11 Å². The highest BCUT2D eigenvalue weighted by molar-refractivity contribution is 6.07. The van der Waals surface area contributed by atoms with Gasteiger partial charge in [0, 0.05) is 37.1 Å². The highest BCUT2D eigenvalue weighted by Crippen LogP contribution is 2.48. The van der Waals surface area contributed by atoms with Crippen molar-refractivity contribution in [2.24, 2.45) is 0 Å². The van der Waals surface area contributed by atoms with Crippen LogP contribution in [0.25, 0.3) is 0 Å². The van der Waals surface area contributed by atoms with Gasteiger partial charge in [-0.1, -0.05) is 6.07 Å². The Morgan fingerprint density at radius 1 is 1.36 bits per heavy atom. The van der Waals surface area contributed by atoms with Crippen LogP contribution in [-0.4, -0.2) is 34.0 Å². The Labute approximate surface area is 126 Å². The van der Waals surface area contributed by atoms with E-state index in [-0.39, 0.29) is 11.5 Å². The zero-order chi connectivity index (χ0) is 15.5. The van der Waals surface area contributed by atoms with Gasteiger partial charge in [0.2, 0.25) is 5.91 Å². The molecule has 1 amide bonds. The lowest BCUT2D eigenvalue weighted by Gasteiger charge is -2.21. The molecule has 0 aromatic carbocycles. The summed E-state index contributed by atoms with van der Waals surface area (Å²) >= 11 is 0. The predicted molar refractivity (Wildman–Crippen MR) is 77.9 cm³/mol. The second-order valence-corrected chi connectivity index (χ2v) is 5.81. The van der Waals surface area contributed by atoms with Crippen LogP contribution in [0.2, 0.25) is 0 Å². The van der Waals surface area contributed by atoms with Crippen molar-refractivity contribution in [2.75, 3.05) is 11.9 Å². The summed E-state index contributed by atoms with van der Waals surface area (Å²) in [5, 5.41) is 9.10. The number of carboxylic acid groups (broad SMARTS) is 1. The fourth-order valence-electron chi connectivity index (χ4n) is 3.55. The minimum absolute atomic E-state index is 0.00363. The fourth-order valence-corrected chi connectivity index (χ4v) is 3.55. The van der Waals surface area contributed by atoms with E-state index in [4.69, 9.17) is 5.11 Å². The molecule has 1 N–H and O–H groups in total. The summed E-state index contributed by atoms with van der Waals surface area (Å²) in [7, 11) is 1.72. The quantitative estimate of drug-likeness (QED) is 0.854. The van der Waals surface area contributed by atoms with Crippen molar-refractivity contribution in [3.63, 3.8) is 0 Å². The molecule has 6 nitrogen and oxygen atoms in total. The molecule has 1 atom stereocenters. The van der Waals surface area contributed by atoms with Crippen molar-refractivity contribution in [2.45, 2.75) is 18.3 Å². The Kier molecular flexibility index (Phi) is 2.43. The van der Waals surface area contributed by atoms with E-state index in [1.54, 1.807) is 24.2 Å². The van der Waals surface area contributed by atoms with Gasteiger partial charge >= 0.3 is 5.97 Å². The Morgan fingerprint density at radius 3 is 2.95 bits per heavy atom. The van der Waals surface area contributed by atoms with Crippen LogP contribution in [0, 0.1) is 0 Å². The third kappa shape index (κ3) is 1.49. The van der Waals surface area contributed by atoms with E-state index in [1.807, 2.05) is 12.1 Å². The van der Waals surface area contributed by atoms with Crippen molar-refractivity contribution < 1.29 is 14.7 Å². The zero-order valence-corrected chi connectivity index (χ0v) is 11.9. The number of anilines is 1. The van der Waals surface area contributed by atoms with Crippen molar-refractivity contribution in [1.29, 1.82) is 0 Å². The molecule has 0 saturated heterocycles. The van der Waals surface area contributed by atoms with Gasteiger partial charge in [-0.15, -0.1) is 0 Å². The van der Waals surface area contributed by atoms with Crippen molar-refractivity contribution >= 4 is 17.7 Å². The lowest BCUT2D eigenvalue weighted by molar-refractivity contribution is -0.122. The van der Waals surface area contributed by atoms with Gasteiger partial charge in [-0.05, 0) is 24.1 Å². The van der Waals surface area contributed by atoms with Crippen molar-refractivity contribution in [1.82, 2.24) is 9.97 Å². The Bertz CT molecular complexity index is 833. The first-order valence-electron chi connectivity index (χ1n) is 6.98. The number of amides is 1. The molecule has 22 heavy (non-hydrogen) atoms. The molecule has 2 aliphatic rings. The number of aromatic carboxylic acids is 1. The first-order valence-corrected chi connectivity index (χ1v) is 6.98. The van der Waals surface area contributed by atoms with Crippen molar-refractivity contribution in [3.8, 4) is 0 Å². The van der Waals surface area contributed by atoms with Gasteiger partial charge in [-0.3, -0.25) is 14.7 Å². The minimum Gasteiger partial charge on any atom is -0.478 e. The van der Waals surface area contributed by atoms with E-state index in [2.05, 4.69) is 9.97 Å². The summed E-state index contributed by atoms with van der Waals surface area (Å²) < 4.78 is 0. The largest absolute Gasteiger partial charge is 0.478 e. The summed E-state index contributed by atoms with van der Waals surface area (Å²) in [5.74, 6) is -0.331. The van der Waals surface area contributed by atoms with E-state index >= 15 is 0 Å². The maximum absolute atomic E-state index is 12.8. The van der Waals surface area contributed by atoms with Gasteiger partial charge in [0.15, 0.2) is 0 Å². The van der Waals surface area contributed by atoms with Crippen LogP contribution in [-0.2, 0) is 23.1 Å². The van der Waals surface area contributed by atoms with Crippen LogP contribution in [0.5, 0.6) is 0 Å². The number of rotatable bonds is 1. The summed E-state index contributed by atoms with van der Waals surface area (Å²) in [6, 6.07) is 5.38. The van der Waals surface area contributed by atoms with E-state index in [0.717, 1.165) is 16.8 Å². The SMILES string of the molecule is CN1C(=O)C2(Cc3cc(C(=O)O)cnc3C2)c2cccnc21. The number of pyridine rings is 2. The molecular weight excluding hydrogens is 282 g/mol. The van der Waals surface area contributed by atoms with E-state index in [9.17, 15) is 9.59 Å². The lowest BCUT2D eigenvalue weighted by Crippen LogP contribution is -2.39. The van der Waals surface area contributed by atoms with Crippen LogP contribution < -0.4 is 4.90 Å². The normalized spacial score (nSPS) is 22.0. The van der Waals surface area contributed by atoms with Crippen LogP contribution >= 0.6 is 0 Å². The smallest absolute Gasteiger partial charge is 0.337 e. The van der Waals surface area contributed by atoms with Crippen LogP contribution in [0.1, 0.15) is 27.2 Å². The second kappa shape index (κ2) is 4.13. The average Bonchev–Trinajstić information content (AvgIpc) is 3.00. The number of carboxylic acids is 1. The maximum Gasteiger partial charge on any atom is 0.337 e. The molecular formula is C16H13N3O3. The zero-order valence-electron chi connectivity index (χ0n) is 11.9. The molecule has 1 aliphatic heterocycles. The number of aromatic nitrogens is 2. The molecule has 2 aromatic heterocycles. The predicted octanol–water partition coefficient (Wildman–Crippen LogP) is 1.19. The van der Waals surface area contributed by atoms with Gasteiger partial charge in [0.05, 0.1) is 11.0 Å². The van der Waals surface area contributed by atoms with Crippen LogP contribution in [0.4, 0.5) is 5.82 Å². The molecule has 0 bridgehead atoms. The summed E-state index contributed by atoms with van der Waals surface area (Å²) in [5.41, 5.74) is 1.99. The second-order valence-electron chi connectivity index (χ2n) is 5.81. The number of nitrogens with zero attached hydrogens (tertiary/aromatic N) is 3. The lowest BCUT2D eigenvalue weighted by atomic mass is 9.79. The Hall–Kier alpha value is -2.76. The number of likely N-dealkylation sites (N-methyl/N-ethyl adjacent to an activating group) is 1. The summed E-state index contributed by atoms with van der Waals surface area (Å²) in [4.78, 5) is 34.1. The molecule has 0 radical (unpaired) electrons.